The molecule has 1 aliphatic carbocycles. The summed E-state index contributed by atoms with van der Waals surface area (Å²) < 4.78 is 14.6. The van der Waals surface area contributed by atoms with Gasteiger partial charge in [-0.05, 0) is 43.0 Å². The Morgan fingerprint density at radius 3 is 2.79 bits per heavy atom. The van der Waals surface area contributed by atoms with Crippen LogP contribution in [0.25, 0.3) is 0 Å². The Labute approximate surface area is 111 Å². The molecule has 5 heteroatoms. The molecule has 0 aliphatic heterocycles. The van der Waals surface area contributed by atoms with E-state index >= 15 is 0 Å². The molecule has 1 N–H and O–H groups in total. The molecule has 0 unspecified atom stereocenters. The highest BCUT2D eigenvalue weighted by Crippen LogP contribution is 2.27. The minimum absolute atomic E-state index is 0.215. The molecule has 0 saturated heterocycles. The van der Waals surface area contributed by atoms with E-state index in [1.54, 1.807) is 16.8 Å². The van der Waals surface area contributed by atoms with Gasteiger partial charge in [0.05, 0.1) is 18.4 Å². The Balaban J connectivity index is 1.53. The van der Waals surface area contributed by atoms with Gasteiger partial charge in [-0.2, -0.15) is 0 Å². The largest absolute Gasteiger partial charge is 0.311 e. The molecule has 0 bridgehead atoms. The van der Waals surface area contributed by atoms with Gasteiger partial charge >= 0.3 is 0 Å². The van der Waals surface area contributed by atoms with Crippen molar-refractivity contribution in [2.45, 2.75) is 25.9 Å². The molecule has 1 aromatic heterocycles. The van der Waals surface area contributed by atoms with Crippen molar-refractivity contribution in [2.24, 2.45) is 5.92 Å². The summed E-state index contributed by atoms with van der Waals surface area (Å²) in [4.78, 5) is 0. The Morgan fingerprint density at radius 2 is 2.05 bits per heavy atom. The van der Waals surface area contributed by atoms with Crippen molar-refractivity contribution < 1.29 is 4.39 Å². The fourth-order valence-corrected chi connectivity index (χ4v) is 2.00. The molecule has 19 heavy (non-hydrogen) atoms. The Kier molecular flexibility index (Phi) is 3.55. The van der Waals surface area contributed by atoms with Gasteiger partial charge in [0, 0.05) is 6.54 Å². The molecule has 1 heterocycles. The second-order valence-electron chi connectivity index (χ2n) is 5.11. The zero-order chi connectivity index (χ0) is 13.1. The van der Waals surface area contributed by atoms with Gasteiger partial charge < -0.3 is 5.32 Å². The highest BCUT2D eigenvalue weighted by atomic mass is 19.1. The first-order valence-corrected chi connectivity index (χ1v) is 6.64. The average molecular weight is 260 g/mol. The lowest BCUT2D eigenvalue weighted by Crippen LogP contribution is -2.16. The van der Waals surface area contributed by atoms with Gasteiger partial charge in [-0.25, -0.2) is 9.07 Å². The van der Waals surface area contributed by atoms with Crippen LogP contribution in [0.15, 0.2) is 30.5 Å². The monoisotopic (exact) mass is 260 g/mol. The Hall–Kier alpha value is -1.75. The molecule has 0 atom stereocenters. The van der Waals surface area contributed by atoms with Crippen molar-refractivity contribution in [1.29, 1.82) is 0 Å². The normalized spacial score (nSPS) is 14.8. The predicted octanol–water partition coefficient (Wildman–Crippen LogP) is 1.97. The molecule has 3 rings (SSSR count). The number of hydrogen-bond acceptors (Lipinski definition) is 3. The Bertz CT molecular complexity index is 531. The van der Waals surface area contributed by atoms with Gasteiger partial charge in [-0.1, -0.05) is 17.3 Å². The van der Waals surface area contributed by atoms with Gasteiger partial charge in [0.15, 0.2) is 0 Å². The standard InChI is InChI=1S/C14H17FN4/c15-13-5-3-12(4-6-13)9-19-10-14(17-18-19)8-16-7-11-1-2-11/h3-6,10-11,16H,1-2,7-9H2. The first-order chi connectivity index (χ1) is 9.29. The van der Waals surface area contributed by atoms with Crippen LogP contribution in [0.1, 0.15) is 24.1 Å². The zero-order valence-electron chi connectivity index (χ0n) is 10.7. The fraction of sp³-hybridized carbons (Fsp3) is 0.429. The van der Waals surface area contributed by atoms with E-state index in [0.29, 0.717) is 6.54 Å². The van der Waals surface area contributed by atoms with Gasteiger partial charge in [0.2, 0.25) is 0 Å². The summed E-state index contributed by atoms with van der Waals surface area (Å²) in [6.45, 7) is 2.46. The van der Waals surface area contributed by atoms with E-state index < -0.39 is 0 Å². The predicted molar refractivity (Wildman–Crippen MR) is 70.0 cm³/mol. The summed E-state index contributed by atoms with van der Waals surface area (Å²) in [7, 11) is 0. The van der Waals surface area contributed by atoms with Crippen LogP contribution in [-0.2, 0) is 13.1 Å². The maximum Gasteiger partial charge on any atom is 0.123 e. The van der Waals surface area contributed by atoms with E-state index in [4.69, 9.17) is 0 Å². The molecule has 4 nitrogen and oxygen atoms in total. The molecule has 100 valence electrons. The van der Waals surface area contributed by atoms with Crippen LogP contribution in [-0.4, -0.2) is 21.5 Å². The molecule has 1 fully saturated rings. The van der Waals surface area contributed by atoms with Crippen LogP contribution >= 0.6 is 0 Å². The number of nitrogens with zero attached hydrogens (tertiary/aromatic N) is 3. The first kappa shape index (κ1) is 12.3. The van der Waals surface area contributed by atoms with Gasteiger partial charge in [0.1, 0.15) is 5.82 Å². The second-order valence-corrected chi connectivity index (χ2v) is 5.11. The minimum atomic E-state index is -0.215. The maximum atomic E-state index is 12.8. The molecule has 0 radical (unpaired) electrons. The third kappa shape index (κ3) is 3.61. The summed E-state index contributed by atoms with van der Waals surface area (Å²) in [5.41, 5.74) is 1.96. The number of rotatable bonds is 6. The second kappa shape index (κ2) is 5.48. The highest BCUT2D eigenvalue weighted by Gasteiger charge is 2.20. The molecular weight excluding hydrogens is 243 g/mol. The van der Waals surface area contributed by atoms with E-state index in [2.05, 4.69) is 15.6 Å². The third-order valence-corrected chi connectivity index (χ3v) is 3.28. The zero-order valence-corrected chi connectivity index (χ0v) is 10.7. The SMILES string of the molecule is Fc1ccc(Cn2cc(CNCC3CC3)nn2)cc1. The number of nitrogens with one attached hydrogen (secondary N) is 1. The van der Waals surface area contributed by atoms with Crippen LogP contribution in [0.4, 0.5) is 4.39 Å². The van der Waals surface area contributed by atoms with Crippen LogP contribution in [0, 0.1) is 11.7 Å². The van der Waals surface area contributed by atoms with Crippen molar-refractivity contribution in [3.05, 3.63) is 47.5 Å². The van der Waals surface area contributed by atoms with Crippen molar-refractivity contribution in [3.8, 4) is 0 Å². The van der Waals surface area contributed by atoms with E-state index in [-0.39, 0.29) is 5.82 Å². The van der Waals surface area contributed by atoms with Crippen LogP contribution in [0.5, 0.6) is 0 Å². The summed E-state index contributed by atoms with van der Waals surface area (Å²) >= 11 is 0. The fourth-order valence-electron chi connectivity index (χ4n) is 2.00. The summed E-state index contributed by atoms with van der Waals surface area (Å²) in [5, 5.41) is 11.6. The topological polar surface area (TPSA) is 42.7 Å². The van der Waals surface area contributed by atoms with Crippen molar-refractivity contribution in [1.82, 2.24) is 20.3 Å². The summed E-state index contributed by atoms with van der Waals surface area (Å²) in [6.07, 6.45) is 4.64. The highest BCUT2D eigenvalue weighted by molar-refractivity contribution is 5.16. The molecule has 0 spiro atoms. The lowest BCUT2D eigenvalue weighted by Gasteiger charge is -2.00. The van der Waals surface area contributed by atoms with Crippen LogP contribution < -0.4 is 5.32 Å². The molecule has 1 aromatic carbocycles. The Morgan fingerprint density at radius 1 is 1.26 bits per heavy atom. The third-order valence-electron chi connectivity index (χ3n) is 3.28. The molecule has 0 amide bonds. The van der Waals surface area contributed by atoms with Crippen molar-refractivity contribution in [3.63, 3.8) is 0 Å². The van der Waals surface area contributed by atoms with Crippen molar-refractivity contribution in [2.75, 3.05) is 6.54 Å². The lowest BCUT2D eigenvalue weighted by atomic mass is 10.2. The maximum absolute atomic E-state index is 12.8. The lowest BCUT2D eigenvalue weighted by molar-refractivity contribution is 0.620. The number of aromatic nitrogens is 3. The van der Waals surface area contributed by atoms with Crippen molar-refractivity contribution >= 4 is 0 Å². The smallest absolute Gasteiger partial charge is 0.123 e. The summed E-state index contributed by atoms with van der Waals surface area (Å²) in [5.74, 6) is 0.654. The first-order valence-electron chi connectivity index (χ1n) is 6.64. The number of benzene rings is 1. The number of hydrogen-bond donors (Lipinski definition) is 1. The number of halogens is 1. The molecular formula is C14H17FN4. The van der Waals surface area contributed by atoms with Crippen LogP contribution in [0.3, 0.4) is 0 Å². The quantitative estimate of drug-likeness (QED) is 0.863. The molecule has 1 aliphatic rings. The van der Waals surface area contributed by atoms with Gasteiger partial charge in [-0.15, -0.1) is 5.10 Å². The van der Waals surface area contributed by atoms with Crippen LogP contribution in [0.2, 0.25) is 0 Å². The average Bonchev–Trinajstić information content (AvgIpc) is 3.12. The van der Waals surface area contributed by atoms with Gasteiger partial charge in [-0.3, -0.25) is 0 Å². The molecule has 2 aromatic rings. The van der Waals surface area contributed by atoms with Gasteiger partial charge in [0.25, 0.3) is 0 Å². The van der Waals surface area contributed by atoms with E-state index in [1.165, 1.54) is 25.0 Å². The molecule has 1 saturated carbocycles. The van der Waals surface area contributed by atoms with E-state index in [0.717, 1.165) is 30.3 Å². The van der Waals surface area contributed by atoms with E-state index in [9.17, 15) is 4.39 Å². The van der Waals surface area contributed by atoms with E-state index in [1.807, 2.05) is 6.20 Å². The summed E-state index contributed by atoms with van der Waals surface area (Å²) in [6, 6.07) is 6.46. The minimum Gasteiger partial charge on any atom is -0.311 e.